The van der Waals surface area contributed by atoms with Crippen molar-refractivity contribution in [2.75, 3.05) is 0 Å². The van der Waals surface area contributed by atoms with Crippen LogP contribution in [0.5, 0.6) is 0 Å². The van der Waals surface area contributed by atoms with Gasteiger partial charge < -0.3 is 0 Å². The third kappa shape index (κ3) is 1.87. The first-order valence-electron chi connectivity index (χ1n) is 6.06. The third-order valence-electron chi connectivity index (χ3n) is 3.03. The van der Waals surface area contributed by atoms with Gasteiger partial charge in [-0.1, -0.05) is 12.1 Å². The Morgan fingerprint density at radius 3 is 2.95 bits per heavy atom. The molecule has 4 aromatic rings. The maximum absolute atomic E-state index is 4.58. The van der Waals surface area contributed by atoms with E-state index in [1.165, 1.54) is 0 Å². The van der Waals surface area contributed by atoms with Gasteiger partial charge in [-0.15, -0.1) is 5.10 Å². The van der Waals surface area contributed by atoms with Crippen LogP contribution in [0.1, 0.15) is 5.82 Å². The molecule has 1 aromatic carbocycles. The molecule has 3 aromatic heterocycles. The van der Waals surface area contributed by atoms with E-state index < -0.39 is 0 Å². The number of nitrogens with zero attached hydrogens (tertiary/aromatic N) is 6. The van der Waals surface area contributed by atoms with E-state index >= 15 is 0 Å². The Labute approximate surface area is 122 Å². The number of halogens is 1. The van der Waals surface area contributed by atoms with Gasteiger partial charge in [-0.2, -0.15) is 5.10 Å². The molecule has 4 rings (SSSR count). The molecule has 7 heteroatoms. The summed E-state index contributed by atoms with van der Waals surface area (Å²) in [6, 6.07) is 7.91. The zero-order chi connectivity index (χ0) is 13.5. The summed E-state index contributed by atoms with van der Waals surface area (Å²) in [5.74, 6) is 0.707. The second kappa shape index (κ2) is 4.38. The fourth-order valence-electron chi connectivity index (χ4n) is 2.16. The summed E-state index contributed by atoms with van der Waals surface area (Å²) in [5, 5.41) is 9.64. The Balaban J connectivity index is 1.84. The van der Waals surface area contributed by atoms with Crippen LogP contribution in [0, 0.1) is 0 Å². The zero-order valence-corrected chi connectivity index (χ0v) is 11.9. The molecule has 0 fully saturated rings. The van der Waals surface area contributed by atoms with Gasteiger partial charge in [0.15, 0.2) is 11.5 Å². The summed E-state index contributed by atoms with van der Waals surface area (Å²) >= 11 is 3.37. The molecule has 0 saturated carbocycles. The van der Waals surface area contributed by atoms with E-state index in [0.29, 0.717) is 12.4 Å². The van der Waals surface area contributed by atoms with Crippen LogP contribution in [0.15, 0.2) is 47.5 Å². The zero-order valence-electron chi connectivity index (χ0n) is 10.3. The molecule has 0 saturated heterocycles. The van der Waals surface area contributed by atoms with Crippen molar-refractivity contribution in [1.29, 1.82) is 0 Å². The maximum atomic E-state index is 4.58. The highest BCUT2D eigenvalue weighted by Gasteiger charge is 2.08. The van der Waals surface area contributed by atoms with E-state index in [9.17, 15) is 0 Å². The molecule has 6 nitrogen and oxygen atoms in total. The summed E-state index contributed by atoms with van der Waals surface area (Å²) < 4.78 is 4.43. The molecule has 0 spiro atoms. The van der Waals surface area contributed by atoms with Crippen molar-refractivity contribution in [1.82, 2.24) is 29.4 Å². The van der Waals surface area contributed by atoms with Crippen molar-refractivity contribution in [2.24, 2.45) is 0 Å². The maximum Gasteiger partial charge on any atom is 0.173 e. The van der Waals surface area contributed by atoms with E-state index in [1.54, 1.807) is 21.7 Å². The molecule has 0 aliphatic heterocycles. The Bertz CT molecular complexity index is 909. The number of rotatable bonds is 2. The standard InChI is InChI=1S/C13H9BrN6/c14-9-5-16-19(6-9)7-12-17-13-10-3-1-2-4-11(10)15-8-20(13)18-12/h1-6,8H,7H2. The predicted molar refractivity (Wildman–Crippen MR) is 77.3 cm³/mol. The number of fused-ring (bicyclic) bond motifs is 3. The first kappa shape index (κ1) is 11.5. The van der Waals surface area contributed by atoms with Crippen molar-refractivity contribution in [2.45, 2.75) is 6.54 Å². The van der Waals surface area contributed by atoms with Crippen molar-refractivity contribution in [3.63, 3.8) is 0 Å². The second-order valence-electron chi connectivity index (χ2n) is 4.41. The van der Waals surface area contributed by atoms with Crippen LogP contribution in [0.4, 0.5) is 0 Å². The summed E-state index contributed by atoms with van der Waals surface area (Å²) in [5.41, 5.74) is 1.73. The van der Waals surface area contributed by atoms with Crippen molar-refractivity contribution in [3.8, 4) is 0 Å². The number of hydrogen-bond acceptors (Lipinski definition) is 4. The van der Waals surface area contributed by atoms with E-state index in [4.69, 9.17) is 0 Å². The van der Waals surface area contributed by atoms with Gasteiger partial charge >= 0.3 is 0 Å². The van der Waals surface area contributed by atoms with Crippen LogP contribution in [0.2, 0.25) is 0 Å². The van der Waals surface area contributed by atoms with Crippen LogP contribution >= 0.6 is 15.9 Å². The monoisotopic (exact) mass is 328 g/mol. The van der Waals surface area contributed by atoms with Gasteiger partial charge in [0, 0.05) is 11.6 Å². The number of benzene rings is 1. The minimum absolute atomic E-state index is 0.529. The highest BCUT2D eigenvalue weighted by molar-refractivity contribution is 9.10. The van der Waals surface area contributed by atoms with Crippen LogP contribution < -0.4 is 0 Å². The Morgan fingerprint density at radius 1 is 1.20 bits per heavy atom. The lowest BCUT2D eigenvalue weighted by molar-refractivity contribution is 0.653. The predicted octanol–water partition coefficient (Wildman–Crippen LogP) is 2.28. The van der Waals surface area contributed by atoms with Crippen LogP contribution in [-0.4, -0.2) is 29.4 Å². The van der Waals surface area contributed by atoms with Gasteiger partial charge in [0.25, 0.3) is 0 Å². The molecule has 0 unspecified atom stereocenters. The summed E-state index contributed by atoms with van der Waals surface area (Å²) in [6.45, 7) is 0.529. The molecule has 98 valence electrons. The summed E-state index contributed by atoms with van der Waals surface area (Å²) in [6.07, 6.45) is 5.32. The van der Waals surface area contributed by atoms with E-state index in [1.807, 2.05) is 30.5 Å². The second-order valence-corrected chi connectivity index (χ2v) is 5.33. The molecule has 0 aliphatic rings. The molecular weight excluding hydrogens is 320 g/mol. The van der Waals surface area contributed by atoms with E-state index in [2.05, 4.69) is 36.1 Å². The van der Waals surface area contributed by atoms with Gasteiger partial charge in [-0.05, 0) is 28.1 Å². The largest absolute Gasteiger partial charge is 0.264 e. The quantitative estimate of drug-likeness (QED) is 0.566. The van der Waals surface area contributed by atoms with Gasteiger partial charge in [0.1, 0.15) is 12.9 Å². The number of hydrogen-bond donors (Lipinski definition) is 0. The first-order chi connectivity index (χ1) is 9.79. The van der Waals surface area contributed by atoms with Crippen LogP contribution in [-0.2, 0) is 6.54 Å². The molecule has 0 amide bonds. The van der Waals surface area contributed by atoms with Gasteiger partial charge in [0.05, 0.1) is 16.2 Å². The molecular formula is C13H9BrN6. The lowest BCUT2D eigenvalue weighted by Gasteiger charge is -1.96. The van der Waals surface area contributed by atoms with Crippen molar-refractivity contribution >= 4 is 32.5 Å². The summed E-state index contributed by atoms with van der Waals surface area (Å²) in [4.78, 5) is 8.95. The lowest BCUT2D eigenvalue weighted by atomic mass is 10.2. The molecule has 0 bridgehead atoms. The fraction of sp³-hybridized carbons (Fsp3) is 0.0769. The van der Waals surface area contributed by atoms with Crippen molar-refractivity contribution in [3.05, 3.63) is 53.3 Å². The van der Waals surface area contributed by atoms with Gasteiger partial charge in [-0.3, -0.25) is 4.68 Å². The van der Waals surface area contributed by atoms with Crippen molar-refractivity contribution < 1.29 is 0 Å². The van der Waals surface area contributed by atoms with Crippen LogP contribution in [0.25, 0.3) is 16.6 Å². The van der Waals surface area contributed by atoms with Gasteiger partial charge in [-0.25, -0.2) is 14.5 Å². The Morgan fingerprint density at radius 2 is 2.10 bits per heavy atom. The number of para-hydroxylation sites is 1. The lowest BCUT2D eigenvalue weighted by Crippen LogP contribution is -2.01. The molecule has 3 heterocycles. The highest BCUT2D eigenvalue weighted by Crippen LogP contribution is 2.16. The Kier molecular flexibility index (Phi) is 2.53. The topological polar surface area (TPSA) is 60.9 Å². The van der Waals surface area contributed by atoms with E-state index in [-0.39, 0.29) is 0 Å². The highest BCUT2D eigenvalue weighted by atomic mass is 79.9. The minimum Gasteiger partial charge on any atom is -0.264 e. The first-order valence-corrected chi connectivity index (χ1v) is 6.86. The van der Waals surface area contributed by atoms with Crippen LogP contribution in [0.3, 0.4) is 0 Å². The molecule has 0 atom stereocenters. The average molecular weight is 329 g/mol. The Hall–Kier alpha value is -2.28. The SMILES string of the molecule is Brc1cnn(Cc2nc3c4ccccc4ncn3n2)c1. The smallest absolute Gasteiger partial charge is 0.173 e. The third-order valence-corrected chi connectivity index (χ3v) is 3.44. The fourth-order valence-corrected chi connectivity index (χ4v) is 2.49. The molecule has 0 aliphatic carbocycles. The molecule has 20 heavy (non-hydrogen) atoms. The minimum atomic E-state index is 0.529. The molecule has 0 N–H and O–H groups in total. The normalized spacial score (nSPS) is 11.4. The summed E-state index contributed by atoms with van der Waals surface area (Å²) in [7, 11) is 0. The van der Waals surface area contributed by atoms with E-state index in [0.717, 1.165) is 21.0 Å². The average Bonchev–Trinajstić information content (AvgIpc) is 3.05. The molecule has 0 radical (unpaired) electrons. The van der Waals surface area contributed by atoms with Gasteiger partial charge in [0.2, 0.25) is 0 Å². The number of aromatic nitrogens is 6.